The minimum Gasteiger partial charge on any atom is -0.394 e. The Balaban J connectivity index is 2.00. The van der Waals surface area contributed by atoms with E-state index in [1.165, 1.54) is 0 Å². The molecule has 2 fully saturated rings. The summed E-state index contributed by atoms with van der Waals surface area (Å²) < 4.78 is 16.5. The van der Waals surface area contributed by atoms with Crippen molar-refractivity contribution in [2.75, 3.05) is 13.2 Å². The van der Waals surface area contributed by atoms with Crippen molar-refractivity contribution in [1.82, 2.24) is 0 Å². The third-order valence-corrected chi connectivity index (χ3v) is 3.23. The number of ether oxygens (including phenoxy) is 3. The van der Waals surface area contributed by atoms with Crippen LogP contribution in [0.2, 0.25) is 0 Å². The van der Waals surface area contributed by atoms with Crippen LogP contribution in [0.4, 0.5) is 0 Å². The van der Waals surface area contributed by atoms with Crippen LogP contribution in [0.25, 0.3) is 0 Å². The average Bonchev–Trinajstić information content (AvgIpc) is 2.34. The zero-order valence-electron chi connectivity index (χ0n) is 9.86. The average molecular weight is 248 g/mol. The van der Waals surface area contributed by atoms with Crippen molar-refractivity contribution < 1.29 is 29.5 Å². The zero-order valence-corrected chi connectivity index (χ0v) is 9.86. The van der Waals surface area contributed by atoms with Gasteiger partial charge >= 0.3 is 0 Å². The molecule has 0 spiro atoms. The third-order valence-electron chi connectivity index (χ3n) is 3.23. The summed E-state index contributed by atoms with van der Waals surface area (Å²) in [5.74, 6) is 0. The van der Waals surface area contributed by atoms with Gasteiger partial charge in [-0.2, -0.15) is 0 Å². The molecule has 100 valence electrons. The lowest BCUT2D eigenvalue weighted by Gasteiger charge is -2.46. The highest BCUT2D eigenvalue weighted by atomic mass is 16.7. The van der Waals surface area contributed by atoms with Gasteiger partial charge in [-0.25, -0.2) is 0 Å². The Kier molecular flexibility index (Phi) is 4.35. The summed E-state index contributed by atoms with van der Waals surface area (Å²) in [5.41, 5.74) is 0. The van der Waals surface area contributed by atoms with E-state index in [0.29, 0.717) is 6.61 Å². The Bertz CT molecular complexity index is 246. The van der Waals surface area contributed by atoms with E-state index in [-0.39, 0.29) is 12.7 Å². The molecule has 0 saturated carbocycles. The minimum atomic E-state index is -1.15. The van der Waals surface area contributed by atoms with E-state index >= 15 is 0 Å². The molecule has 6 nitrogen and oxygen atoms in total. The number of hydrogen-bond acceptors (Lipinski definition) is 6. The molecule has 2 aliphatic heterocycles. The van der Waals surface area contributed by atoms with Gasteiger partial charge in [0.25, 0.3) is 0 Å². The van der Waals surface area contributed by atoms with Gasteiger partial charge in [0, 0.05) is 0 Å². The molecule has 2 heterocycles. The molecule has 6 atom stereocenters. The maximum Gasteiger partial charge on any atom is 0.187 e. The first-order valence-corrected chi connectivity index (χ1v) is 6.06. The molecule has 0 aromatic carbocycles. The number of aliphatic hydroxyl groups is 3. The van der Waals surface area contributed by atoms with Crippen LogP contribution in [-0.4, -0.2) is 65.3 Å². The van der Waals surface area contributed by atoms with Gasteiger partial charge in [-0.05, 0) is 6.42 Å². The van der Waals surface area contributed by atoms with E-state index in [1.807, 2.05) is 6.92 Å². The van der Waals surface area contributed by atoms with Crippen LogP contribution < -0.4 is 0 Å². The summed E-state index contributed by atoms with van der Waals surface area (Å²) in [5, 5.41) is 28.6. The molecule has 2 saturated heterocycles. The van der Waals surface area contributed by atoms with Crippen LogP contribution in [0.5, 0.6) is 0 Å². The van der Waals surface area contributed by atoms with Crippen LogP contribution >= 0.6 is 0 Å². The van der Waals surface area contributed by atoms with Crippen molar-refractivity contribution in [3.8, 4) is 0 Å². The summed E-state index contributed by atoms with van der Waals surface area (Å²) in [7, 11) is 0. The molecule has 0 radical (unpaired) electrons. The Morgan fingerprint density at radius 2 is 1.94 bits per heavy atom. The van der Waals surface area contributed by atoms with Gasteiger partial charge in [-0.15, -0.1) is 0 Å². The highest BCUT2D eigenvalue weighted by molar-refractivity contribution is 4.92. The lowest BCUT2D eigenvalue weighted by atomic mass is 9.98. The predicted molar refractivity (Wildman–Crippen MR) is 57.3 cm³/mol. The number of fused-ring (bicyclic) bond motifs is 1. The fraction of sp³-hybridized carbons (Fsp3) is 1.00. The van der Waals surface area contributed by atoms with Gasteiger partial charge in [-0.1, -0.05) is 13.3 Å². The summed E-state index contributed by atoms with van der Waals surface area (Å²) in [6, 6.07) is 0. The maximum atomic E-state index is 9.91. The van der Waals surface area contributed by atoms with Crippen molar-refractivity contribution >= 4 is 0 Å². The summed E-state index contributed by atoms with van der Waals surface area (Å²) in [6.07, 6.45) is -2.72. The van der Waals surface area contributed by atoms with Gasteiger partial charge < -0.3 is 29.5 Å². The highest BCUT2D eigenvalue weighted by Crippen LogP contribution is 2.29. The molecule has 0 amide bonds. The predicted octanol–water partition coefficient (Wildman–Crippen LogP) is -0.991. The lowest BCUT2D eigenvalue weighted by Crippen LogP contribution is -2.63. The Hall–Kier alpha value is -0.240. The first kappa shape index (κ1) is 13.2. The maximum absolute atomic E-state index is 9.91. The van der Waals surface area contributed by atoms with Gasteiger partial charge in [0.2, 0.25) is 0 Å². The second kappa shape index (κ2) is 5.60. The van der Waals surface area contributed by atoms with E-state index in [2.05, 4.69) is 0 Å². The standard InChI is InChI=1S/C11H20O6/c1-2-3-6-5-15-11-10(16-6)9(14)8(13)7(4-12)17-11/h6-14H,2-5H2,1H3/t6-,7-,8-,9+,10-,11+/m1/s1. The Labute approximate surface area is 100 Å². The second-order valence-corrected chi connectivity index (χ2v) is 4.55. The summed E-state index contributed by atoms with van der Waals surface area (Å²) >= 11 is 0. The van der Waals surface area contributed by atoms with Gasteiger partial charge in [0.05, 0.1) is 19.3 Å². The van der Waals surface area contributed by atoms with Crippen LogP contribution in [0, 0.1) is 0 Å². The smallest absolute Gasteiger partial charge is 0.187 e. The summed E-state index contributed by atoms with van der Waals surface area (Å²) in [6.45, 7) is 2.10. The van der Waals surface area contributed by atoms with E-state index < -0.39 is 30.7 Å². The van der Waals surface area contributed by atoms with E-state index in [4.69, 9.17) is 19.3 Å². The topological polar surface area (TPSA) is 88.4 Å². The number of hydrogen-bond donors (Lipinski definition) is 3. The van der Waals surface area contributed by atoms with Crippen molar-refractivity contribution in [2.24, 2.45) is 0 Å². The van der Waals surface area contributed by atoms with E-state index in [1.54, 1.807) is 0 Å². The van der Waals surface area contributed by atoms with E-state index in [9.17, 15) is 10.2 Å². The molecule has 0 aromatic heterocycles. The van der Waals surface area contributed by atoms with Crippen molar-refractivity contribution in [3.05, 3.63) is 0 Å². The van der Waals surface area contributed by atoms with Gasteiger partial charge in [0.15, 0.2) is 6.29 Å². The molecule has 17 heavy (non-hydrogen) atoms. The fourth-order valence-electron chi connectivity index (χ4n) is 2.27. The molecule has 0 bridgehead atoms. The Morgan fingerprint density at radius 3 is 2.59 bits per heavy atom. The molecule has 2 rings (SSSR count). The molecular weight excluding hydrogens is 228 g/mol. The molecule has 3 N–H and O–H groups in total. The summed E-state index contributed by atoms with van der Waals surface area (Å²) in [4.78, 5) is 0. The van der Waals surface area contributed by atoms with Gasteiger partial charge in [0.1, 0.15) is 24.4 Å². The van der Waals surface area contributed by atoms with Crippen LogP contribution in [0.1, 0.15) is 19.8 Å². The molecular formula is C11H20O6. The quantitative estimate of drug-likeness (QED) is 0.594. The largest absolute Gasteiger partial charge is 0.394 e. The van der Waals surface area contributed by atoms with E-state index in [0.717, 1.165) is 12.8 Å². The fourth-order valence-corrected chi connectivity index (χ4v) is 2.27. The van der Waals surface area contributed by atoms with Crippen molar-refractivity contribution in [2.45, 2.75) is 56.6 Å². The van der Waals surface area contributed by atoms with Crippen LogP contribution in [0.15, 0.2) is 0 Å². The van der Waals surface area contributed by atoms with Crippen LogP contribution in [0.3, 0.4) is 0 Å². The molecule has 2 aliphatic rings. The normalized spacial score (nSPS) is 46.6. The third kappa shape index (κ3) is 2.62. The molecule has 0 aromatic rings. The zero-order chi connectivity index (χ0) is 12.4. The van der Waals surface area contributed by atoms with Gasteiger partial charge in [-0.3, -0.25) is 0 Å². The van der Waals surface area contributed by atoms with Crippen molar-refractivity contribution in [1.29, 1.82) is 0 Å². The SMILES string of the molecule is CCC[C@@H]1CO[C@H]2O[C@H](CO)[C@@H](O)[C@H](O)[C@H]2O1. The number of aliphatic hydroxyl groups excluding tert-OH is 3. The second-order valence-electron chi connectivity index (χ2n) is 4.55. The molecule has 0 aliphatic carbocycles. The van der Waals surface area contributed by atoms with Crippen molar-refractivity contribution in [3.63, 3.8) is 0 Å². The highest BCUT2D eigenvalue weighted by Gasteiger charge is 2.48. The first-order valence-electron chi connectivity index (χ1n) is 6.06. The molecule has 6 heteroatoms. The lowest BCUT2D eigenvalue weighted by molar-refractivity contribution is -0.349. The number of rotatable bonds is 3. The Morgan fingerprint density at radius 1 is 1.18 bits per heavy atom. The first-order chi connectivity index (χ1) is 8.17. The molecule has 0 unspecified atom stereocenters. The monoisotopic (exact) mass is 248 g/mol. The minimum absolute atomic E-state index is 0.0719. The van der Waals surface area contributed by atoms with Crippen LogP contribution in [-0.2, 0) is 14.2 Å².